The van der Waals surface area contributed by atoms with Crippen LogP contribution < -0.4 is 5.32 Å². The Morgan fingerprint density at radius 2 is 2.15 bits per heavy atom. The van der Waals surface area contributed by atoms with Crippen molar-refractivity contribution < 1.29 is 4.79 Å². The molecule has 0 bridgehead atoms. The van der Waals surface area contributed by atoms with Crippen LogP contribution in [-0.4, -0.2) is 60.5 Å². The van der Waals surface area contributed by atoms with E-state index in [2.05, 4.69) is 29.0 Å². The zero-order valence-corrected chi connectivity index (χ0v) is 13.2. The molecule has 4 heteroatoms. The molecule has 2 saturated heterocycles. The largest absolute Gasteiger partial charge is 0.339 e. The van der Waals surface area contributed by atoms with Crippen LogP contribution in [0.1, 0.15) is 52.4 Å². The van der Waals surface area contributed by atoms with Crippen LogP contribution in [-0.2, 0) is 4.79 Å². The maximum Gasteiger partial charge on any atom is 0.237 e. The molecule has 2 heterocycles. The van der Waals surface area contributed by atoms with E-state index in [-0.39, 0.29) is 0 Å². The maximum absolute atomic E-state index is 12.7. The minimum Gasteiger partial charge on any atom is -0.339 e. The number of hydrogen-bond donors (Lipinski definition) is 1. The molecule has 2 rings (SSSR count). The molecule has 0 aromatic heterocycles. The van der Waals surface area contributed by atoms with Crippen molar-refractivity contribution in [2.45, 2.75) is 64.5 Å². The number of nitrogens with one attached hydrogen (secondary N) is 1. The molecule has 1 amide bonds. The molecule has 0 aliphatic carbocycles. The third kappa shape index (κ3) is 3.95. The number of hydrogen-bond acceptors (Lipinski definition) is 3. The summed E-state index contributed by atoms with van der Waals surface area (Å²) in [5.41, 5.74) is 0. The van der Waals surface area contributed by atoms with Crippen LogP contribution in [0.3, 0.4) is 0 Å². The van der Waals surface area contributed by atoms with E-state index >= 15 is 0 Å². The number of nitrogens with zero attached hydrogens (tertiary/aromatic N) is 2. The van der Waals surface area contributed by atoms with E-state index in [1.165, 1.54) is 25.7 Å². The van der Waals surface area contributed by atoms with Gasteiger partial charge in [0, 0.05) is 25.2 Å². The third-order valence-electron chi connectivity index (χ3n) is 4.82. The van der Waals surface area contributed by atoms with E-state index in [0.717, 1.165) is 39.0 Å². The van der Waals surface area contributed by atoms with Crippen molar-refractivity contribution in [2.24, 2.45) is 0 Å². The SMILES string of the molecule is CCCN(CC(=O)N1CCCCC1CC)C1CCNC1. The van der Waals surface area contributed by atoms with Crippen molar-refractivity contribution in [1.29, 1.82) is 0 Å². The first-order valence-electron chi connectivity index (χ1n) is 8.50. The van der Waals surface area contributed by atoms with Crippen molar-refractivity contribution in [3.63, 3.8) is 0 Å². The molecule has 2 aliphatic heterocycles. The molecule has 1 N–H and O–H groups in total. The number of carbonyl (C=O) groups is 1. The van der Waals surface area contributed by atoms with Gasteiger partial charge in [0.1, 0.15) is 0 Å². The zero-order chi connectivity index (χ0) is 14.4. The average molecular weight is 281 g/mol. The second kappa shape index (κ2) is 7.99. The Bertz CT molecular complexity index is 302. The van der Waals surface area contributed by atoms with Crippen LogP contribution >= 0.6 is 0 Å². The van der Waals surface area contributed by atoms with Gasteiger partial charge in [-0.15, -0.1) is 0 Å². The molecule has 0 aromatic rings. The summed E-state index contributed by atoms with van der Waals surface area (Å²) in [4.78, 5) is 17.2. The molecule has 0 radical (unpaired) electrons. The number of carbonyl (C=O) groups excluding carboxylic acids is 1. The highest BCUT2D eigenvalue weighted by Gasteiger charge is 2.29. The summed E-state index contributed by atoms with van der Waals surface area (Å²) < 4.78 is 0. The number of amides is 1. The average Bonchev–Trinajstić information content (AvgIpc) is 3.00. The molecule has 2 fully saturated rings. The Morgan fingerprint density at radius 1 is 1.30 bits per heavy atom. The number of likely N-dealkylation sites (tertiary alicyclic amines) is 1. The fraction of sp³-hybridized carbons (Fsp3) is 0.938. The topological polar surface area (TPSA) is 35.6 Å². The quantitative estimate of drug-likeness (QED) is 0.807. The fourth-order valence-electron chi connectivity index (χ4n) is 3.65. The van der Waals surface area contributed by atoms with Crippen molar-refractivity contribution in [3.05, 3.63) is 0 Å². The van der Waals surface area contributed by atoms with E-state index in [1.807, 2.05) is 0 Å². The fourth-order valence-corrected chi connectivity index (χ4v) is 3.65. The van der Waals surface area contributed by atoms with Gasteiger partial charge in [-0.3, -0.25) is 9.69 Å². The van der Waals surface area contributed by atoms with Gasteiger partial charge in [-0.2, -0.15) is 0 Å². The predicted octanol–water partition coefficient (Wildman–Crippen LogP) is 1.85. The highest BCUT2D eigenvalue weighted by atomic mass is 16.2. The first-order chi connectivity index (χ1) is 9.76. The lowest BCUT2D eigenvalue weighted by atomic mass is 10.00. The zero-order valence-electron chi connectivity index (χ0n) is 13.2. The van der Waals surface area contributed by atoms with Gasteiger partial charge in [-0.05, 0) is 51.6 Å². The Hall–Kier alpha value is -0.610. The van der Waals surface area contributed by atoms with E-state index in [1.54, 1.807) is 0 Å². The van der Waals surface area contributed by atoms with E-state index in [9.17, 15) is 4.79 Å². The number of piperidine rings is 1. The van der Waals surface area contributed by atoms with Crippen LogP contribution in [0.25, 0.3) is 0 Å². The highest BCUT2D eigenvalue weighted by molar-refractivity contribution is 5.78. The molecule has 2 aliphatic rings. The molecule has 116 valence electrons. The first kappa shape index (κ1) is 15.8. The summed E-state index contributed by atoms with van der Waals surface area (Å²) in [6.07, 6.45) is 7.07. The van der Waals surface area contributed by atoms with Gasteiger partial charge in [-0.25, -0.2) is 0 Å². The van der Waals surface area contributed by atoms with Crippen LogP contribution in [0, 0.1) is 0 Å². The second-order valence-corrected chi connectivity index (χ2v) is 6.26. The van der Waals surface area contributed by atoms with Crippen LogP contribution in [0.15, 0.2) is 0 Å². The summed E-state index contributed by atoms with van der Waals surface area (Å²) in [6.45, 7) is 9.20. The molecule has 0 aromatic carbocycles. The molecular weight excluding hydrogens is 250 g/mol. The summed E-state index contributed by atoms with van der Waals surface area (Å²) in [7, 11) is 0. The Kier molecular flexibility index (Phi) is 6.30. The number of rotatable bonds is 6. The van der Waals surface area contributed by atoms with Crippen molar-refractivity contribution in [2.75, 3.05) is 32.7 Å². The highest BCUT2D eigenvalue weighted by Crippen LogP contribution is 2.20. The molecule has 20 heavy (non-hydrogen) atoms. The standard InChI is InChI=1S/C16H31N3O/c1-3-10-18(15-8-9-17-12-15)13-16(20)19-11-6-5-7-14(19)4-2/h14-15,17H,3-13H2,1-2H3. The van der Waals surface area contributed by atoms with Gasteiger partial charge in [0.2, 0.25) is 5.91 Å². The van der Waals surface area contributed by atoms with E-state index < -0.39 is 0 Å². The molecule has 0 saturated carbocycles. The second-order valence-electron chi connectivity index (χ2n) is 6.26. The van der Waals surface area contributed by atoms with Crippen LogP contribution in [0.4, 0.5) is 0 Å². The Labute approximate surface area is 123 Å². The normalized spacial score (nSPS) is 27.2. The van der Waals surface area contributed by atoms with Crippen LogP contribution in [0.5, 0.6) is 0 Å². The summed E-state index contributed by atoms with van der Waals surface area (Å²) in [5.74, 6) is 0.358. The minimum absolute atomic E-state index is 0.358. The first-order valence-corrected chi connectivity index (χ1v) is 8.50. The molecular formula is C16H31N3O. The van der Waals surface area contributed by atoms with Gasteiger partial charge in [0.25, 0.3) is 0 Å². The Morgan fingerprint density at radius 3 is 2.80 bits per heavy atom. The van der Waals surface area contributed by atoms with Crippen molar-refractivity contribution in [1.82, 2.24) is 15.1 Å². The third-order valence-corrected chi connectivity index (χ3v) is 4.82. The smallest absolute Gasteiger partial charge is 0.237 e. The monoisotopic (exact) mass is 281 g/mol. The maximum atomic E-state index is 12.7. The van der Waals surface area contributed by atoms with Gasteiger partial charge in [0.05, 0.1) is 6.54 Å². The van der Waals surface area contributed by atoms with Gasteiger partial charge in [0.15, 0.2) is 0 Å². The van der Waals surface area contributed by atoms with Gasteiger partial charge >= 0.3 is 0 Å². The minimum atomic E-state index is 0.358. The van der Waals surface area contributed by atoms with Crippen molar-refractivity contribution >= 4 is 5.91 Å². The van der Waals surface area contributed by atoms with Crippen molar-refractivity contribution in [3.8, 4) is 0 Å². The molecule has 2 unspecified atom stereocenters. The predicted molar refractivity (Wildman–Crippen MR) is 82.8 cm³/mol. The molecule has 4 nitrogen and oxygen atoms in total. The molecule has 2 atom stereocenters. The summed E-state index contributed by atoms with van der Waals surface area (Å²) >= 11 is 0. The van der Waals surface area contributed by atoms with E-state index in [0.29, 0.717) is 24.5 Å². The lowest BCUT2D eigenvalue weighted by Crippen LogP contribution is -2.50. The molecule has 0 spiro atoms. The van der Waals surface area contributed by atoms with Gasteiger partial charge < -0.3 is 10.2 Å². The lowest BCUT2D eigenvalue weighted by molar-refractivity contribution is -0.136. The summed E-state index contributed by atoms with van der Waals surface area (Å²) in [5, 5.41) is 3.42. The Balaban J connectivity index is 1.92. The lowest BCUT2D eigenvalue weighted by Gasteiger charge is -2.37. The summed E-state index contributed by atoms with van der Waals surface area (Å²) in [6, 6.07) is 1.05. The van der Waals surface area contributed by atoms with Crippen LogP contribution in [0.2, 0.25) is 0 Å². The van der Waals surface area contributed by atoms with Gasteiger partial charge in [-0.1, -0.05) is 13.8 Å². The van der Waals surface area contributed by atoms with E-state index in [4.69, 9.17) is 0 Å².